The topological polar surface area (TPSA) is 54.4 Å². The van der Waals surface area contributed by atoms with Gasteiger partial charge in [0.1, 0.15) is 0 Å². The zero-order valence-corrected chi connectivity index (χ0v) is 22.1. The van der Waals surface area contributed by atoms with E-state index in [0.29, 0.717) is 36.4 Å². The van der Waals surface area contributed by atoms with E-state index < -0.39 is 0 Å². The number of allylic oxidation sites excluding steroid dienone is 3. The molecule has 5 rings (SSSR count). The number of carbonyl (C=O) groups is 2. The Morgan fingerprint density at radius 3 is 2.60 bits per heavy atom. The minimum Gasteiger partial charge on any atom is -0.396 e. The van der Waals surface area contributed by atoms with Crippen LogP contribution in [0.15, 0.2) is 23.8 Å². The predicted octanol–water partition coefficient (Wildman–Crippen LogP) is 5.76. The summed E-state index contributed by atoms with van der Waals surface area (Å²) in [5.41, 5.74) is 1.59. The van der Waals surface area contributed by atoms with Crippen molar-refractivity contribution < 1.29 is 14.7 Å². The molecule has 5 aliphatic rings. The van der Waals surface area contributed by atoms with Crippen molar-refractivity contribution in [3.8, 4) is 0 Å². The van der Waals surface area contributed by atoms with Gasteiger partial charge in [0.25, 0.3) is 0 Å². The van der Waals surface area contributed by atoms with Crippen LogP contribution >= 0.6 is 45.2 Å². The van der Waals surface area contributed by atoms with E-state index in [9.17, 15) is 14.7 Å². The van der Waals surface area contributed by atoms with Gasteiger partial charge in [-0.2, -0.15) is 0 Å². The highest BCUT2D eigenvalue weighted by Crippen LogP contribution is 2.77. The van der Waals surface area contributed by atoms with Crippen LogP contribution in [0.2, 0.25) is 0 Å². The summed E-state index contributed by atoms with van der Waals surface area (Å²) in [4.78, 5) is 24.8. The monoisotopic (exact) mass is 634 g/mol. The van der Waals surface area contributed by atoms with E-state index in [1.54, 1.807) is 6.08 Å². The van der Waals surface area contributed by atoms with Crippen molar-refractivity contribution in [2.24, 2.45) is 28.6 Å². The van der Waals surface area contributed by atoms with Gasteiger partial charge in [-0.3, -0.25) is 9.59 Å². The van der Waals surface area contributed by atoms with Crippen molar-refractivity contribution in [2.75, 3.05) is 6.61 Å². The molecule has 3 nitrogen and oxygen atoms in total. The third-order valence-corrected chi connectivity index (χ3v) is 13.3. The standard InChI is InChI=1S/C25H32I2O3/c1-2-3-17(29)12-16-4-5-19-23(16,15-28)8-7-20-24(26)9-6-18(30)13-21(24)22(10-11-22)14-25(19,20)27/h2-3,13,16,19-20,28H,4-12,14-15H2,1H3/b3-2-. The first-order chi connectivity index (χ1) is 14.2. The first kappa shape index (κ1) is 22.1. The summed E-state index contributed by atoms with van der Waals surface area (Å²) >= 11 is 5.56. The lowest BCUT2D eigenvalue weighted by Gasteiger charge is -2.64. The van der Waals surface area contributed by atoms with E-state index in [4.69, 9.17) is 0 Å². The Hall–Kier alpha value is 0.240. The smallest absolute Gasteiger partial charge is 0.155 e. The van der Waals surface area contributed by atoms with Crippen molar-refractivity contribution in [3.63, 3.8) is 0 Å². The Balaban J connectivity index is 1.54. The summed E-state index contributed by atoms with van der Waals surface area (Å²) in [6.07, 6.45) is 15.8. The highest BCUT2D eigenvalue weighted by Gasteiger charge is 2.72. The van der Waals surface area contributed by atoms with Gasteiger partial charge in [-0.15, -0.1) is 0 Å². The molecule has 0 radical (unpaired) electrons. The minimum absolute atomic E-state index is 0.0993. The van der Waals surface area contributed by atoms with Gasteiger partial charge in [-0.25, -0.2) is 0 Å². The van der Waals surface area contributed by atoms with E-state index in [1.165, 1.54) is 18.4 Å². The maximum atomic E-state index is 12.5. The van der Waals surface area contributed by atoms with Crippen LogP contribution in [0.1, 0.15) is 71.1 Å². The molecule has 0 amide bonds. The van der Waals surface area contributed by atoms with Crippen LogP contribution in [0.3, 0.4) is 0 Å². The van der Waals surface area contributed by atoms with E-state index >= 15 is 0 Å². The number of aliphatic hydroxyl groups excluding tert-OH is 1. The maximum absolute atomic E-state index is 12.5. The molecule has 5 aliphatic carbocycles. The molecule has 0 heterocycles. The average molecular weight is 634 g/mol. The number of halogens is 2. The van der Waals surface area contributed by atoms with E-state index in [1.807, 2.05) is 19.1 Å². The third-order valence-electron chi connectivity index (χ3n) is 9.54. The molecule has 164 valence electrons. The number of alkyl halides is 2. The fraction of sp³-hybridized carbons (Fsp3) is 0.760. The molecule has 4 saturated carbocycles. The summed E-state index contributed by atoms with van der Waals surface area (Å²) in [6, 6.07) is 0. The highest BCUT2D eigenvalue weighted by molar-refractivity contribution is 14.1. The number of hydrogen-bond donors (Lipinski definition) is 1. The molecule has 30 heavy (non-hydrogen) atoms. The summed E-state index contributed by atoms with van der Waals surface area (Å²) in [6.45, 7) is 2.12. The van der Waals surface area contributed by atoms with Crippen LogP contribution in [0, 0.1) is 28.6 Å². The molecular formula is C25H32I2O3. The number of aliphatic hydroxyl groups is 1. The maximum Gasteiger partial charge on any atom is 0.155 e. The first-order valence-electron chi connectivity index (χ1n) is 11.6. The second-order valence-corrected chi connectivity index (χ2v) is 14.7. The molecule has 4 fully saturated rings. The van der Waals surface area contributed by atoms with Gasteiger partial charge < -0.3 is 5.11 Å². The Morgan fingerprint density at radius 2 is 1.93 bits per heavy atom. The largest absolute Gasteiger partial charge is 0.396 e. The van der Waals surface area contributed by atoms with Crippen molar-refractivity contribution in [1.82, 2.24) is 0 Å². The van der Waals surface area contributed by atoms with Gasteiger partial charge in [0.15, 0.2) is 11.6 Å². The molecule has 0 aromatic heterocycles. The van der Waals surface area contributed by atoms with E-state index in [-0.39, 0.29) is 30.1 Å². The molecule has 0 bridgehead atoms. The van der Waals surface area contributed by atoms with Crippen LogP contribution < -0.4 is 0 Å². The van der Waals surface area contributed by atoms with Crippen molar-refractivity contribution in [3.05, 3.63) is 23.8 Å². The second kappa shape index (κ2) is 7.37. The number of fused-ring (bicyclic) bond motifs is 6. The molecule has 1 N–H and O–H groups in total. The Morgan fingerprint density at radius 1 is 1.17 bits per heavy atom. The van der Waals surface area contributed by atoms with Gasteiger partial charge >= 0.3 is 0 Å². The third kappa shape index (κ3) is 2.95. The summed E-state index contributed by atoms with van der Waals surface area (Å²) in [5, 5.41) is 10.8. The SMILES string of the molecule is C/C=C\C(=O)CC1CCC2C3(I)CC4(CC4)C4=CC(=O)CCC4(I)C3CCC12CO. The zero-order valence-electron chi connectivity index (χ0n) is 17.8. The molecule has 5 heteroatoms. The summed E-state index contributed by atoms with van der Waals surface area (Å²) < 4.78 is 0.259. The lowest BCUT2D eigenvalue weighted by Crippen LogP contribution is -2.63. The lowest BCUT2D eigenvalue weighted by atomic mass is 9.48. The number of hydrogen-bond acceptors (Lipinski definition) is 3. The lowest BCUT2D eigenvalue weighted by molar-refractivity contribution is -0.118. The molecular weight excluding hydrogens is 602 g/mol. The summed E-state index contributed by atoms with van der Waals surface area (Å²) in [7, 11) is 0. The van der Waals surface area contributed by atoms with Crippen LogP contribution in [0.4, 0.5) is 0 Å². The first-order valence-corrected chi connectivity index (χ1v) is 13.8. The Labute approximate surface area is 207 Å². The van der Waals surface area contributed by atoms with Gasteiger partial charge in [-0.05, 0) is 99.2 Å². The molecule has 0 aliphatic heterocycles. The van der Waals surface area contributed by atoms with Gasteiger partial charge in [0.2, 0.25) is 0 Å². The summed E-state index contributed by atoms with van der Waals surface area (Å²) in [5.74, 6) is 1.87. The minimum atomic E-state index is -0.107. The number of ketones is 2. The van der Waals surface area contributed by atoms with Crippen molar-refractivity contribution in [2.45, 2.75) is 78.0 Å². The van der Waals surface area contributed by atoms with Crippen molar-refractivity contribution >= 4 is 56.7 Å². The fourth-order valence-corrected chi connectivity index (χ4v) is 13.1. The van der Waals surface area contributed by atoms with Crippen LogP contribution in [0.25, 0.3) is 0 Å². The Kier molecular flexibility index (Phi) is 5.42. The van der Waals surface area contributed by atoms with Crippen LogP contribution in [0.5, 0.6) is 0 Å². The second-order valence-electron chi connectivity index (χ2n) is 10.8. The molecule has 0 saturated heterocycles. The van der Waals surface area contributed by atoms with Gasteiger partial charge in [-0.1, -0.05) is 51.3 Å². The Bertz CT molecular complexity index is 843. The zero-order chi connectivity index (χ0) is 21.4. The normalized spacial score (nSPS) is 46.3. The van der Waals surface area contributed by atoms with Gasteiger partial charge in [0.05, 0.1) is 0 Å². The fourth-order valence-electron chi connectivity index (χ4n) is 8.15. The molecule has 0 aromatic rings. The van der Waals surface area contributed by atoms with Crippen LogP contribution in [-0.4, -0.2) is 30.1 Å². The molecule has 6 atom stereocenters. The van der Waals surface area contributed by atoms with E-state index in [2.05, 4.69) is 45.2 Å². The van der Waals surface area contributed by atoms with E-state index in [0.717, 1.165) is 38.5 Å². The van der Waals surface area contributed by atoms with Crippen molar-refractivity contribution in [1.29, 1.82) is 0 Å². The molecule has 0 aromatic carbocycles. The molecule has 1 spiro atoms. The quantitative estimate of drug-likeness (QED) is 0.243. The predicted molar refractivity (Wildman–Crippen MR) is 135 cm³/mol. The highest BCUT2D eigenvalue weighted by atomic mass is 127. The molecule has 6 unspecified atom stereocenters. The average Bonchev–Trinajstić information content (AvgIpc) is 3.36. The number of carbonyl (C=O) groups excluding carboxylic acids is 2. The van der Waals surface area contributed by atoms with Crippen LogP contribution in [-0.2, 0) is 9.59 Å². The van der Waals surface area contributed by atoms with Gasteiger partial charge in [0, 0.05) is 31.7 Å². The number of rotatable bonds is 4.